The monoisotopic (exact) mass is 735 g/mol. The number of aliphatic hydroxyl groups is 1. The summed E-state index contributed by atoms with van der Waals surface area (Å²) in [5.74, 6) is 2.76. The van der Waals surface area contributed by atoms with E-state index in [-0.39, 0.29) is 12.7 Å². The number of pyridine rings is 1. The Labute approximate surface area is 316 Å². The van der Waals surface area contributed by atoms with Crippen LogP contribution in [0.15, 0.2) is 77.6 Å². The molecule has 0 bridgehead atoms. The van der Waals surface area contributed by atoms with Gasteiger partial charge in [0.05, 0.1) is 29.0 Å². The third kappa shape index (κ3) is 9.95. The van der Waals surface area contributed by atoms with E-state index < -0.39 is 0 Å². The van der Waals surface area contributed by atoms with Gasteiger partial charge in [-0.15, -0.1) is 0 Å². The van der Waals surface area contributed by atoms with Gasteiger partial charge < -0.3 is 28.7 Å². The summed E-state index contributed by atoms with van der Waals surface area (Å²) in [6, 6.07) is 22.0. The molecule has 53 heavy (non-hydrogen) atoms. The highest BCUT2D eigenvalue weighted by molar-refractivity contribution is 6.32. The molecule has 10 nitrogen and oxygen atoms in total. The van der Waals surface area contributed by atoms with E-state index in [1.54, 1.807) is 12.3 Å². The lowest BCUT2D eigenvalue weighted by Gasteiger charge is -2.20. The van der Waals surface area contributed by atoms with Crippen molar-refractivity contribution in [3.05, 3.63) is 123 Å². The maximum Gasteiger partial charge on any atom is 0.142 e. The number of likely N-dealkylation sites (tertiary alicyclic amines) is 1. The van der Waals surface area contributed by atoms with E-state index in [2.05, 4.69) is 58.1 Å². The van der Waals surface area contributed by atoms with Crippen LogP contribution < -0.4 is 14.2 Å². The summed E-state index contributed by atoms with van der Waals surface area (Å²) in [6.07, 6.45) is 4.77. The molecule has 0 amide bonds. The van der Waals surface area contributed by atoms with Gasteiger partial charge in [0, 0.05) is 68.4 Å². The zero-order chi connectivity index (χ0) is 37.3. The summed E-state index contributed by atoms with van der Waals surface area (Å²) in [7, 11) is 1.99. The van der Waals surface area contributed by atoms with Crippen LogP contribution >= 0.6 is 11.6 Å². The van der Waals surface area contributed by atoms with Gasteiger partial charge in [-0.05, 0) is 86.7 Å². The summed E-state index contributed by atoms with van der Waals surface area (Å²) in [6.45, 7) is 11.0. The van der Waals surface area contributed by atoms with Gasteiger partial charge in [0.2, 0.25) is 0 Å². The van der Waals surface area contributed by atoms with E-state index in [0.717, 1.165) is 88.6 Å². The number of hydrogen-bond acceptors (Lipinski definition) is 10. The summed E-state index contributed by atoms with van der Waals surface area (Å²) in [4.78, 5) is 8.57. The zero-order valence-electron chi connectivity index (χ0n) is 30.8. The minimum absolute atomic E-state index is 0.203. The molecule has 2 aromatic heterocycles. The van der Waals surface area contributed by atoms with Crippen molar-refractivity contribution in [2.45, 2.75) is 66.0 Å². The van der Waals surface area contributed by atoms with Crippen LogP contribution in [-0.4, -0.2) is 64.4 Å². The molecule has 1 saturated heterocycles. The number of benzene rings is 3. The van der Waals surface area contributed by atoms with Gasteiger partial charge in [0.25, 0.3) is 0 Å². The fourth-order valence-electron chi connectivity index (χ4n) is 6.68. The second-order valence-corrected chi connectivity index (χ2v) is 14.1. The van der Waals surface area contributed by atoms with E-state index in [9.17, 15) is 10.4 Å². The van der Waals surface area contributed by atoms with Crippen LogP contribution in [0.1, 0.15) is 57.7 Å². The highest BCUT2D eigenvalue weighted by atomic mass is 35.5. The van der Waals surface area contributed by atoms with Crippen molar-refractivity contribution >= 4 is 11.6 Å². The van der Waals surface area contributed by atoms with Gasteiger partial charge in [-0.2, -0.15) is 5.26 Å². The lowest BCUT2D eigenvalue weighted by molar-refractivity contribution is 0.173. The number of aliphatic hydroxyl groups excluding tert-OH is 1. The van der Waals surface area contributed by atoms with Gasteiger partial charge in [-0.3, -0.25) is 9.88 Å². The zero-order valence-corrected chi connectivity index (χ0v) is 31.5. The average molecular weight is 736 g/mol. The normalized spacial score (nSPS) is 14.4. The molecule has 6 rings (SSSR count). The Morgan fingerprint density at radius 1 is 0.925 bits per heavy atom. The van der Waals surface area contributed by atoms with E-state index in [4.69, 9.17) is 30.3 Å². The summed E-state index contributed by atoms with van der Waals surface area (Å²) >= 11 is 6.87. The topological polar surface area (TPSA) is 117 Å². The number of β-amino-alcohol motifs (C(OH)–C–C–N with tert-alkyl or cyclic N) is 1. The predicted molar refractivity (Wildman–Crippen MR) is 204 cm³/mol. The third-order valence-electron chi connectivity index (χ3n) is 9.51. The Balaban J connectivity index is 1.17. The molecule has 3 aromatic carbocycles. The summed E-state index contributed by atoms with van der Waals surface area (Å²) < 4.78 is 24.2. The molecule has 276 valence electrons. The third-order valence-corrected chi connectivity index (χ3v) is 9.80. The second-order valence-electron chi connectivity index (χ2n) is 13.7. The van der Waals surface area contributed by atoms with Crippen LogP contribution in [0.2, 0.25) is 5.02 Å². The Morgan fingerprint density at radius 3 is 2.47 bits per heavy atom. The molecule has 3 heterocycles. The van der Waals surface area contributed by atoms with Crippen LogP contribution in [0, 0.1) is 32.1 Å². The van der Waals surface area contributed by atoms with Gasteiger partial charge >= 0.3 is 0 Å². The van der Waals surface area contributed by atoms with Gasteiger partial charge in [0.15, 0.2) is 0 Å². The fraction of sp³-hybridized carbons (Fsp3) is 0.357. The lowest BCUT2D eigenvalue weighted by Crippen LogP contribution is -2.24. The van der Waals surface area contributed by atoms with Crippen LogP contribution in [0.5, 0.6) is 17.2 Å². The van der Waals surface area contributed by atoms with Crippen molar-refractivity contribution < 1.29 is 23.8 Å². The maximum atomic E-state index is 9.80. The summed E-state index contributed by atoms with van der Waals surface area (Å²) in [5, 5.41) is 23.7. The summed E-state index contributed by atoms with van der Waals surface area (Å²) in [5.41, 5.74) is 8.41. The van der Waals surface area contributed by atoms with Crippen LogP contribution in [0.3, 0.4) is 0 Å². The van der Waals surface area contributed by atoms with E-state index >= 15 is 0 Å². The SMILES string of the molecule is Cc1cc(CN(C)Cc2cc(Cl)c(OCc3cccc(-c4cccc(OCCCN5CC[C@@H](O)C5)c4C)c3C)cc2OCc2cncc(C#N)c2)no1. The smallest absolute Gasteiger partial charge is 0.142 e. The van der Waals surface area contributed by atoms with Crippen LogP contribution in [0.25, 0.3) is 11.1 Å². The van der Waals surface area contributed by atoms with Crippen molar-refractivity contribution in [3.63, 3.8) is 0 Å². The Kier molecular flexibility index (Phi) is 12.7. The number of nitriles is 1. The minimum atomic E-state index is -0.203. The largest absolute Gasteiger partial charge is 0.493 e. The average Bonchev–Trinajstić information content (AvgIpc) is 3.76. The van der Waals surface area contributed by atoms with Crippen LogP contribution in [-0.2, 0) is 26.3 Å². The number of ether oxygens (including phenoxy) is 3. The number of aryl methyl sites for hydroxylation is 1. The van der Waals surface area contributed by atoms with Crippen LogP contribution in [0.4, 0.5) is 0 Å². The number of aromatic nitrogens is 2. The molecular formula is C42H46ClN5O5. The van der Waals surface area contributed by atoms with Crippen molar-refractivity contribution in [3.8, 4) is 34.4 Å². The molecule has 5 aromatic rings. The first-order chi connectivity index (χ1) is 25.7. The number of hydrogen-bond donors (Lipinski definition) is 1. The predicted octanol–water partition coefficient (Wildman–Crippen LogP) is 7.81. The molecule has 0 unspecified atom stereocenters. The Hall–Kier alpha value is -4.92. The molecule has 0 spiro atoms. The Bertz CT molecular complexity index is 2060. The van der Waals surface area contributed by atoms with E-state index in [0.29, 0.717) is 48.4 Å². The van der Waals surface area contributed by atoms with Gasteiger partial charge in [-0.25, -0.2) is 0 Å². The molecule has 1 aliphatic heterocycles. The molecule has 1 aliphatic rings. The molecule has 1 fully saturated rings. The second kappa shape index (κ2) is 17.7. The molecule has 1 N–H and O–H groups in total. The highest BCUT2D eigenvalue weighted by Gasteiger charge is 2.20. The first-order valence-corrected chi connectivity index (χ1v) is 18.3. The molecule has 1 atom stereocenters. The lowest BCUT2D eigenvalue weighted by atomic mass is 9.93. The standard InChI is InChI=1S/C42H46ClN5O5/c1-28-16-35(46-53-28)24-47(4)23-34-18-39(43)42(19-41(34)51-26-32-17-31(20-44)21-45-22-32)52-27-33-8-5-9-37(29(33)2)38-10-6-11-40(30(38)3)50-15-7-13-48-14-12-36(49)25-48/h5-6,8-11,16-19,21-22,36,49H,7,12-15,23-27H2,1-4H3/t36-/m1/s1. The first kappa shape index (κ1) is 37.8. The quantitative estimate of drug-likeness (QED) is 0.101. The van der Waals surface area contributed by atoms with Gasteiger partial charge in [0.1, 0.15) is 42.3 Å². The van der Waals surface area contributed by atoms with E-state index in [1.807, 2.05) is 50.4 Å². The molecule has 0 radical (unpaired) electrons. The van der Waals surface area contributed by atoms with Crippen molar-refractivity contribution in [2.24, 2.45) is 0 Å². The van der Waals surface area contributed by atoms with Crippen molar-refractivity contribution in [2.75, 3.05) is 33.3 Å². The fourth-order valence-corrected chi connectivity index (χ4v) is 6.93. The first-order valence-electron chi connectivity index (χ1n) is 17.9. The molecule has 0 aliphatic carbocycles. The van der Waals surface area contributed by atoms with Crippen molar-refractivity contribution in [1.29, 1.82) is 5.26 Å². The maximum absolute atomic E-state index is 9.80. The number of rotatable bonds is 16. The Morgan fingerprint density at radius 2 is 1.72 bits per heavy atom. The van der Waals surface area contributed by atoms with E-state index in [1.165, 1.54) is 6.20 Å². The molecule has 0 saturated carbocycles. The minimum Gasteiger partial charge on any atom is -0.493 e. The molecule has 11 heteroatoms. The number of halogens is 1. The molecular weight excluding hydrogens is 690 g/mol. The van der Waals surface area contributed by atoms with Crippen molar-refractivity contribution in [1.82, 2.24) is 19.9 Å². The van der Waals surface area contributed by atoms with Gasteiger partial charge in [-0.1, -0.05) is 47.1 Å². The number of nitrogens with zero attached hydrogens (tertiary/aromatic N) is 5. The highest BCUT2D eigenvalue weighted by Crippen LogP contribution is 2.37.